The lowest BCUT2D eigenvalue weighted by Gasteiger charge is -2.62. The van der Waals surface area contributed by atoms with Crippen LogP contribution in [0.3, 0.4) is 0 Å². The quantitative estimate of drug-likeness (QED) is 0.173. The fourth-order valence-corrected chi connectivity index (χ4v) is 26.1. The summed E-state index contributed by atoms with van der Waals surface area (Å²) in [6.45, 7) is 16.6. The van der Waals surface area contributed by atoms with Crippen LogP contribution in [0.1, 0.15) is 93.6 Å². The van der Waals surface area contributed by atoms with Crippen molar-refractivity contribution < 1.29 is 14.0 Å². The predicted octanol–water partition coefficient (Wildman–Crippen LogP) is 10.8. The normalized spacial score (nSPS) is 62.4. The van der Waals surface area contributed by atoms with Gasteiger partial charge in [0.25, 0.3) is 0 Å². The molecule has 14 fully saturated rings. The lowest BCUT2D eigenvalue weighted by molar-refractivity contribution is -0.169. The first-order valence-corrected chi connectivity index (χ1v) is 28.8. The molecule has 0 heterocycles. The molecule has 0 spiro atoms. The van der Waals surface area contributed by atoms with Gasteiger partial charge in [-0.2, -0.15) is 0 Å². The van der Waals surface area contributed by atoms with Crippen LogP contribution in [-0.4, -0.2) is 26.5 Å². The van der Waals surface area contributed by atoms with Crippen molar-refractivity contribution in [1.82, 2.24) is 0 Å². The Morgan fingerprint density at radius 2 is 0.949 bits per heavy atom. The van der Waals surface area contributed by atoms with Crippen LogP contribution in [-0.2, 0) is 9.16 Å². The van der Waals surface area contributed by atoms with E-state index in [2.05, 4.69) is 77.8 Å². The molecule has 0 amide bonds. The minimum absolute atomic E-state index is 0.0335. The Labute approximate surface area is 355 Å². The van der Waals surface area contributed by atoms with Crippen LogP contribution in [0.2, 0.25) is 18.1 Å². The second-order valence-electron chi connectivity index (χ2n) is 26.9. The highest BCUT2D eigenvalue weighted by atomic mass is 28.4. The summed E-state index contributed by atoms with van der Waals surface area (Å²) in [6.07, 6.45) is 11.7. The summed E-state index contributed by atoms with van der Waals surface area (Å²) in [4.78, 5) is 15.1. The molecular weight excluding hydrogens is 737 g/mol. The van der Waals surface area contributed by atoms with Gasteiger partial charge >= 0.3 is 5.97 Å². The van der Waals surface area contributed by atoms with Gasteiger partial charge in [0.15, 0.2) is 8.32 Å². The first-order valence-electron chi connectivity index (χ1n) is 25.9. The predicted molar refractivity (Wildman–Crippen MR) is 230 cm³/mol. The number of esters is 1. The van der Waals surface area contributed by atoms with Gasteiger partial charge < -0.3 is 9.16 Å². The van der Waals surface area contributed by atoms with E-state index < -0.39 is 8.32 Å². The number of rotatable bonds is 4. The maximum absolute atomic E-state index is 15.1. The summed E-state index contributed by atoms with van der Waals surface area (Å²) in [6, 6.07) is 6.36. The molecule has 14 saturated carbocycles. The van der Waals surface area contributed by atoms with Gasteiger partial charge in [-0.05, 0) is 237 Å². The highest BCUT2D eigenvalue weighted by Gasteiger charge is 2.86. The molecule has 1 aromatic rings. The van der Waals surface area contributed by atoms with Crippen molar-refractivity contribution in [3.8, 4) is 11.8 Å². The van der Waals surface area contributed by atoms with Gasteiger partial charge in [0.1, 0.15) is 6.10 Å². The van der Waals surface area contributed by atoms with Crippen LogP contribution in [0.5, 0.6) is 0 Å². The van der Waals surface area contributed by atoms with E-state index >= 15 is 4.79 Å². The van der Waals surface area contributed by atoms with Crippen LogP contribution in [0.15, 0.2) is 18.2 Å². The molecule has 0 aliphatic heterocycles. The van der Waals surface area contributed by atoms with Crippen molar-refractivity contribution in [3.05, 3.63) is 34.9 Å². The molecule has 0 N–H and O–H groups in total. The van der Waals surface area contributed by atoms with Crippen LogP contribution in [0, 0.1) is 191 Å². The number of aryl methyl sites for hydroxylation is 2. The number of hydrogen-bond donors (Lipinski definition) is 0. The topological polar surface area (TPSA) is 35.5 Å². The van der Waals surface area contributed by atoms with E-state index in [9.17, 15) is 0 Å². The van der Waals surface area contributed by atoms with Crippen molar-refractivity contribution in [2.24, 2.45) is 166 Å². The van der Waals surface area contributed by atoms with Crippen molar-refractivity contribution in [2.45, 2.75) is 116 Å². The van der Waals surface area contributed by atoms with Crippen LogP contribution < -0.4 is 0 Å². The van der Waals surface area contributed by atoms with E-state index in [1.165, 1.54) is 32.1 Å². The van der Waals surface area contributed by atoms with Crippen LogP contribution in [0.25, 0.3) is 0 Å². The SMILES string of the molecule is Cc1cccc(C)c1C(=O)OC1C(O[Si](C)(C)C(C)(C)C)C2C3C#CC4CC5C6C4CCC4C7CCC8C9CCC%10C1C1C2C(C3)C2C5C3C(C46)C7C8C4C9C%10C1C2C43. The van der Waals surface area contributed by atoms with E-state index in [1.807, 2.05) is 0 Å². The second-order valence-corrected chi connectivity index (χ2v) is 31.6. The number of hydrogen-bond acceptors (Lipinski definition) is 3. The number of ether oxygens (including phenoxy) is 1. The van der Waals surface area contributed by atoms with Gasteiger partial charge in [-0.25, -0.2) is 4.79 Å². The third kappa shape index (κ3) is 3.64. The van der Waals surface area contributed by atoms with Crippen molar-refractivity contribution in [2.75, 3.05) is 0 Å². The zero-order valence-corrected chi connectivity index (χ0v) is 37.9. The summed E-state index contributed by atoms with van der Waals surface area (Å²) < 4.78 is 15.5. The maximum Gasteiger partial charge on any atom is 0.339 e. The molecule has 1 aromatic carbocycles. The summed E-state index contributed by atoms with van der Waals surface area (Å²) in [5.41, 5.74) is 2.94. The Morgan fingerprint density at radius 3 is 1.56 bits per heavy atom. The van der Waals surface area contributed by atoms with Crippen molar-refractivity contribution in [3.63, 3.8) is 0 Å². The summed E-state index contributed by atoms with van der Waals surface area (Å²) in [5, 5.41) is 0.0874. The van der Waals surface area contributed by atoms with E-state index in [0.717, 1.165) is 141 Å². The molecule has 0 radical (unpaired) electrons. The Hall–Kier alpha value is -1.57. The Balaban J connectivity index is 0.955. The van der Waals surface area contributed by atoms with Gasteiger partial charge in [-0.1, -0.05) is 50.8 Å². The molecule has 30 unspecified atom stereocenters. The molecule has 16 rings (SSSR count). The van der Waals surface area contributed by atoms with E-state index in [-0.39, 0.29) is 23.2 Å². The smallest absolute Gasteiger partial charge is 0.339 e. The third-order valence-electron chi connectivity index (χ3n) is 25.7. The highest BCUT2D eigenvalue weighted by molar-refractivity contribution is 6.74. The molecule has 15 aliphatic carbocycles. The Kier molecular flexibility index (Phi) is 6.31. The fraction of sp³-hybridized carbons (Fsp3) is 0.836. The second kappa shape index (κ2) is 10.7. The lowest BCUT2D eigenvalue weighted by Crippen LogP contribution is -2.62. The largest absolute Gasteiger partial charge is 0.456 e. The van der Waals surface area contributed by atoms with Gasteiger partial charge in [-0.3, -0.25) is 0 Å². The molecule has 59 heavy (non-hydrogen) atoms. The zero-order chi connectivity index (χ0) is 39.2. The molecule has 4 bridgehead atoms. The molecule has 312 valence electrons. The molecule has 15 aliphatic rings. The molecule has 30 atom stereocenters. The fourth-order valence-electron chi connectivity index (χ4n) is 24.7. The number of carbonyl (C=O) groups excluding carboxylic acids is 1. The molecule has 4 heteroatoms. The third-order valence-corrected chi connectivity index (χ3v) is 30.1. The lowest BCUT2D eigenvalue weighted by atomic mass is 9.43. The average molecular weight is 807 g/mol. The Bertz CT molecular complexity index is 2150. The standard InChI is InChI=1S/C55H70O3Si/c1-21-9-8-10-22(2)33(21)54(56)57-52-44-30-18-17-29-28-16-15-27-26-14-13-25-23-11-12-24-20-32-41(34(24)53(52)58-59(6,7)55(3,4)5)47(44)48-40(30)39(29)46-38(28)37(27)45-36(26)35(25)31(19-23)42-43(32)50(48)51(46)49(42)45/h8-10,23-32,34-53H,13-20H2,1-7H3. The molecule has 0 saturated heterocycles. The molecule has 0 aromatic heterocycles. The Morgan fingerprint density at radius 1 is 0.525 bits per heavy atom. The number of benzene rings is 1. The summed E-state index contributed by atoms with van der Waals surface area (Å²) in [5.74, 6) is 33.5. The number of carbonyl (C=O) groups is 1. The van der Waals surface area contributed by atoms with E-state index in [1.54, 1.807) is 19.3 Å². The van der Waals surface area contributed by atoms with Crippen molar-refractivity contribution in [1.29, 1.82) is 0 Å². The van der Waals surface area contributed by atoms with Gasteiger partial charge in [0.05, 0.1) is 11.7 Å². The summed E-state index contributed by atoms with van der Waals surface area (Å²) >= 11 is 0. The molecular formula is C55H70O3Si. The first-order chi connectivity index (χ1) is 28.4. The van der Waals surface area contributed by atoms with E-state index in [4.69, 9.17) is 9.16 Å². The van der Waals surface area contributed by atoms with E-state index in [0.29, 0.717) is 41.4 Å². The first kappa shape index (κ1) is 34.9. The highest BCUT2D eigenvalue weighted by Crippen LogP contribution is 2.89. The molecule has 3 nitrogen and oxygen atoms in total. The average Bonchev–Trinajstić information content (AvgIpc) is 4.02. The van der Waals surface area contributed by atoms with Gasteiger partial charge in [0, 0.05) is 23.7 Å². The summed E-state index contributed by atoms with van der Waals surface area (Å²) in [7, 11) is -2.26. The van der Waals surface area contributed by atoms with Crippen LogP contribution in [0.4, 0.5) is 0 Å². The monoisotopic (exact) mass is 807 g/mol. The number of fused-ring (bicyclic) bond motifs is 7. The van der Waals surface area contributed by atoms with Crippen LogP contribution >= 0.6 is 0 Å². The zero-order valence-electron chi connectivity index (χ0n) is 36.9. The minimum atomic E-state index is -2.26. The maximum atomic E-state index is 15.1. The minimum Gasteiger partial charge on any atom is -0.456 e. The van der Waals surface area contributed by atoms with Gasteiger partial charge in [0.2, 0.25) is 0 Å². The van der Waals surface area contributed by atoms with Gasteiger partial charge in [-0.15, -0.1) is 0 Å². The van der Waals surface area contributed by atoms with Crippen molar-refractivity contribution >= 4 is 14.3 Å².